The zero-order chi connectivity index (χ0) is 53.6. The van der Waals surface area contributed by atoms with Gasteiger partial charge in [-0.2, -0.15) is 0 Å². The topological polar surface area (TPSA) is 302 Å². The Morgan fingerprint density at radius 3 is 2.28 bits per heavy atom. The predicted octanol–water partition coefficient (Wildman–Crippen LogP) is 5.98. The van der Waals surface area contributed by atoms with Gasteiger partial charge in [-0.05, 0) is 118 Å². The van der Waals surface area contributed by atoms with E-state index >= 15 is 0 Å². The summed E-state index contributed by atoms with van der Waals surface area (Å²) in [6.07, 6.45) is 1.63. The number of carbonyl (C=O) groups is 7. The fraction of sp³-hybridized carbons (Fsp3) is 0.327. The Morgan fingerprint density at radius 2 is 1.60 bits per heavy atom. The summed E-state index contributed by atoms with van der Waals surface area (Å²) < 4.78 is 1.62. The molecule has 0 bridgehead atoms. The number of nitrogens with two attached hydrogens (primary N) is 1. The highest BCUT2D eigenvalue weighted by atomic mass is 32.2. The number of primary amides is 1. The molecule has 4 amide bonds. The van der Waals surface area contributed by atoms with Gasteiger partial charge in [-0.3, -0.25) is 38.2 Å². The zero-order valence-electron chi connectivity index (χ0n) is 41.2. The van der Waals surface area contributed by atoms with Gasteiger partial charge in [-0.25, -0.2) is 0 Å². The van der Waals surface area contributed by atoms with Crippen LogP contribution in [0.1, 0.15) is 97.9 Å². The maximum absolute atomic E-state index is 13.1. The number of fused-ring (bicyclic) bond motifs is 5. The fourth-order valence-electron chi connectivity index (χ4n) is 9.00. The third kappa shape index (κ3) is 14.3. The number of carboxylic acid groups (broad SMARTS) is 2. The number of hydrogen-bond donors (Lipinski definition) is 6. The minimum absolute atomic E-state index is 0.0696. The number of aliphatic carboxylic acids is 2. The van der Waals surface area contributed by atoms with Crippen LogP contribution >= 0.6 is 11.8 Å². The number of ketones is 1. The van der Waals surface area contributed by atoms with E-state index in [9.17, 15) is 38.7 Å². The van der Waals surface area contributed by atoms with Gasteiger partial charge in [0.15, 0.2) is 0 Å². The van der Waals surface area contributed by atoms with Gasteiger partial charge in [-0.15, -0.1) is 5.10 Å². The molecule has 0 saturated heterocycles. The molecule has 0 spiro atoms. The number of carbonyl (C=O) groups excluding carboxylic acids is 5. The second kappa shape index (κ2) is 25.3. The predicted molar refractivity (Wildman–Crippen MR) is 279 cm³/mol. The zero-order valence-corrected chi connectivity index (χ0v) is 42.0. The molecular formula is C55H54N10O9S. The van der Waals surface area contributed by atoms with Gasteiger partial charge in [-0.1, -0.05) is 89.1 Å². The normalized spacial score (nSPS) is 15.1. The highest BCUT2D eigenvalue weighted by Crippen LogP contribution is 2.53. The number of allylic oxidation sites excluding steroid dienone is 1. The Bertz CT molecular complexity index is 3300. The second-order valence-electron chi connectivity index (χ2n) is 18.2. The van der Waals surface area contributed by atoms with Crippen LogP contribution in [0.15, 0.2) is 93.9 Å². The molecular weight excluding hydrogens is 977 g/mol. The van der Waals surface area contributed by atoms with Crippen LogP contribution in [-0.2, 0) is 52.9 Å². The first-order chi connectivity index (χ1) is 36.1. The number of amides is 4. The van der Waals surface area contributed by atoms with E-state index in [0.29, 0.717) is 31.6 Å². The van der Waals surface area contributed by atoms with Crippen LogP contribution in [0.4, 0.5) is 0 Å². The number of aryl methyl sites for hydroxylation is 2. The van der Waals surface area contributed by atoms with Crippen molar-refractivity contribution in [3.63, 3.8) is 0 Å². The van der Waals surface area contributed by atoms with Crippen LogP contribution < -0.4 is 21.7 Å². The quantitative estimate of drug-likeness (QED) is 0.0160. The molecule has 384 valence electrons. The van der Waals surface area contributed by atoms with Crippen molar-refractivity contribution in [2.45, 2.75) is 100 Å². The number of azide groups is 1. The minimum atomic E-state index is -1.39. The molecule has 19 nitrogen and oxygen atoms in total. The fourth-order valence-corrected chi connectivity index (χ4v) is 10.0. The minimum Gasteiger partial charge on any atom is -0.481 e. The van der Waals surface area contributed by atoms with E-state index in [0.717, 1.165) is 38.5 Å². The van der Waals surface area contributed by atoms with E-state index in [1.807, 2.05) is 12.1 Å². The molecule has 1 aliphatic heterocycles. The van der Waals surface area contributed by atoms with Crippen LogP contribution in [-0.4, -0.2) is 91.7 Å². The first-order valence-electron chi connectivity index (χ1n) is 24.3. The van der Waals surface area contributed by atoms with Gasteiger partial charge in [0.05, 0.1) is 31.1 Å². The molecule has 5 aromatic rings. The van der Waals surface area contributed by atoms with Crippen molar-refractivity contribution >= 4 is 75.0 Å². The summed E-state index contributed by atoms with van der Waals surface area (Å²) in [4.78, 5) is 90.7. The van der Waals surface area contributed by atoms with E-state index in [1.165, 1.54) is 40.0 Å². The number of carboxylic acids is 2. The molecule has 1 aliphatic carbocycles. The molecule has 4 aromatic carbocycles. The van der Waals surface area contributed by atoms with E-state index in [2.05, 4.69) is 128 Å². The molecule has 0 fully saturated rings. The maximum Gasteiger partial charge on any atom is 0.304 e. The Labute approximate surface area is 436 Å². The molecule has 0 unspecified atom stereocenters. The Morgan fingerprint density at radius 1 is 0.893 bits per heavy atom. The third-order valence-corrected chi connectivity index (χ3v) is 13.8. The number of nitrogens with one attached hydrogen (secondary N) is 3. The molecule has 0 radical (unpaired) electrons. The Hall–Kier alpha value is -8.71. The van der Waals surface area contributed by atoms with Crippen LogP contribution in [0.25, 0.3) is 32.4 Å². The lowest BCUT2D eigenvalue weighted by molar-refractivity contribution is -0.142. The summed E-state index contributed by atoms with van der Waals surface area (Å²) in [5.41, 5.74) is 23.4. The van der Waals surface area contributed by atoms with E-state index < -0.39 is 85.2 Å². The average molecular weight is 1030 g/mol. The van der Waals surface area contributed by atoms with E-state index in [-0.39, 0.29) is 25.2 Å². The monoisotopic (exact) mass is 1030 g/mol. The number of benzene rings is 4. The number of hydrogen-bond acceptors (Lipinski definition) is 11. The summed E-state index contributed by atoms with van der Waals surface area (Å²) >= 11 is 1.72. The smallest absolute Gasteiger partial charge is 0.304 e. The molecule has 0 saturated carbocycles. The van der Waals surface area contributed by atoms with Crippen molar-refractivity contribution in [3.05, 3.63) is 129 Å². The SMILES string of the molecule is C[C@H](NC(=O)[C@H](CCC(=O)O)NC(=O)CNC(=O)[C@H](CC(=O)O)CC(=O)CCc1cn(CCC#Cc2ccc3c(c2)/C(=C2\c4c(ccc5ccccc45)C[C@H]2C)c2cc(C#CCCN=[N+]=[N-])ccc2S3)nn1)C(N)=O. The van der Waals surface area contributed by atoms with Crippen LogP contribution in [0.5, 0.6) is 0 Å². The summed E-state index contributed by atoms with van der Waals surface area (Å²) in [7, 11) is 0. The molecule has 75 heavy (non-hydrogen) atoms. The van der Waals surface area contributed by atoms with E-state index in [4.69, 9.17) is 16.4 Å². The molecule has 20 heteroatoms. The lowest BCUT2D eigenvalue weighted by atomic mass is 9.84. The summed E-state index contributed by atoms with van der Waals surface area (Å²) in [6.45, 7) is 3.60. The maximum atomic E-state index is 13.1. The first-order valence-corrected chi connectivity index (χ1v) is 25.1. The van der Waals surface area contributed by atoms with Gasteiger partial charge in [0, 0.05) is 70.7 Å². The van der Waals surface area contributed by atoms with Gasteiger partial charge >= 0.3 is 11.9 Å². The first kappa shape index (κ1) is 54.1. The standard InChI is InChI=1S/C55H54N10O9S/c1-32-25-37-16-15-36-11-3-4-12-41(36)51(37)50(32)52-42-26-34(9-5-7-23-59-63-57)13-20-45(42)75-46-21-14-35(27-43(46)52)10-6-8-24-65-31-39(62-64-65)17-18-40(66)28-38(29-49(70)71)54(73)58-30-47(67)61-44(19-22-48(68)69)55(74)60-33(2)53(56)72/h3-4,11-16,20-21,26-27,31-33,38,44H,7-8,17-19,22-25,28-30H2,1-2H3,(H2,56,72)(H,58,73)(H,60,74)(H,61,67)(H,68,69)(H,70,71)/b52-50-/t32-,33+,38+,44+/m1/s1. The van der Waals surface area contributed by atoms with E-state index in [1.54, 1.807) is 22.6 Å². The van der Waals surface area contributed by atoms with Crippen molar-refractivity contribution < 1.29 is 43.8 Å². The van der Waals surface area contributed by atoms with Crippen molar-refractivity contribution in [1.29, 1.82) is 0 Å². The largest absolute Gasteiger partial charge is 0.481 e. The van der Waals surface area contributed by atoms with Crippen LogP contribution in [0, 0.1) is 35.5 Å². The number of nitrogens with zero attached hydrogens (tertiary/aromatic N) is 6. The molecule has 4 atom stereocenters. The molecule has 2 heterocycles. The van der Waals surface area contributed by atoms with Gasteiger partial charge in [0.1, 0.15) is 17.9 Å². The molecule has 7 N–H and O–H groups in total. The number of Topliss-reactive ketones (excluding diaryl/α,β-unsaturated/α-hetero) is 1. The molecule has 7 rings (SSSR count). The lowest BCUT2D eigenvalue weighted by Gasteiger charge is -2.26. The highest BCUT2D eigenvalue weighted by molar-refractivity contribution is 7.99. The number of rotatable bonds is 21. The lowest BCUT2D eigenvalue weighted by Crippen LogP contribution is -2.53. The van der Waals surface area contributed by atoms with Crippen LogP contribution in [0.2, 0.25) is 0 Å². The summed E-state index contributed by atoms with van der Waals surface area (Å²) in [5.74, 6) is 5.44. The summed E-state index contributed by atoms with van der Waals surface area (Å²) in [5, 5.41) is 39.8. The number of aromatic nitrogens is 3. The third-order valence-electron chi connectivity index (χ3n) is 12.6. The van der Waals surface area contributed by atoms with Crippen molar-refractivity contribution in [2.24, 2.45) is 22.7 Å². The van der Waals surface area contributed by atoms with Crippen molar-refractivity contribution in [3.8, 4) is 23.7 Å². The highest BCUT2D eigenvalue weighted by Gasteiger charge is 2.33. The molecule has 2 aliphatic rings. The summed E-state index contributed by atoms with van der Waals surface area (Å²) in [6, 6.07) is 23.1. The molecule has 1 aromatic heterocycles. The van der Waals surface area contributed by atoms with Gasteiger partial charge in [0.2, 0.25) is 23.6 Å². The van der Waals surface area contributed by atoms with Crippen molar-refractivity contribution in [1.82, 2.24) is 30.9 Å². The Kier molecular flexibility index (Phi) is 18.2. The van der Waals surface area contributed by atoms with Gasteiger partial charge in [0.25, 0.3) is 0 Å². The average Bonchev–Trinajstić information content (AvgIpc) is 3.99. The van der Waals surface area contributed by atoms with Crippen LogP contribution in [0.3, 0.4) is 0 Å². The van der Waals surface area contributed by atoms with Gasteiger partial charge < -0.3 is 31.9 Å². The van der Waals surface area contributed by atoms with Crippen molar-refractivity contribution in [2.75, 3.05) is 13.1 Å². The Balaban J connectivity index is 0.986. The second-order valence-corrected chi connectivity index (χ2v) is 19.3.